The van der Waals surface area contributed by atoms with Crippen molar-refractivity contribution in [3.63, 3.8) is 0 Å². The van der Waals surface area contributed by atoms with Crippen molar-refractivity contribution in [3.8, 4) is 0 Å². The zero-order valence-corrected chi connectivity index (χ0v) is 13.7. The molecule has 1 fully saturated rings. The van der Waals surface area contributed by atoms with Crippen molar-refractivity contribution < 1.29 is 27.5 Å². The molecule has 1 aromatic carbocycles. The topological polar surface area (TPSA) is 58.6 Å². The van der Waals surface area contributed by atoms with E-state index in [1.54, 1.807) is 0 Å². The first-order chi connectivity index (χ1) is 11.2. The van der Waals surface area contributed by atoms with Gasteiger partial charge in [-0.15, -0.1) is 0 Å². The highest BCUT2D eigenvalue weighted by Gasteiger charge is 2.37. The van der Waals surface area contributed by atoms with Gasteiger partial charge >= 0.3 is 12.3 Å². The number of amides is 2. The molecule has 0 saturated carbocycles. The van der Waals surface area contributed by atoms with Gasteiger partial charge in [-0.1, -0.05) is 23.2 Å². The highest BCUT2D eigenvalue weighted by Crippen LogP contribution is 2.27. The summed E-state index contributed by atoms with van der Waals surface area (Å²) in [6, 6.07) is 3.53. The molecule has 0 aromatic heterocycles. The third-order valence-corrected chi connectivity index (χ3v) is 3.90. The fourth-order valence-corrected chi connectivity index (χ4v) is 2.63. The fourth-order valence-electron chi connectivity index (χ4n) is 2.29. The number of halogens is 5. The van der Waals surface area contributed by atoms with E-state index in [1.165, 1.54) is 18.2 Å². The lowest BCUT2D eigenvalue weighted by Gasteiger charge is -2.23. The molecule has 1 heterocycles. The highest BCUT2D eigenvalue weighted by molar-refractivity contribution is 6.35. The molecule has 0 spiro atoms. The molecule has 24 heavy (non-hydrogen) atoms. The molecule has 5 nitrogen and oxygen atoms in total. The van der Waals surface area contributed by atoms with Gasteiger partial charge in [0.15, 0.2) is 6.61 Å². The Morgan fingerprint density at radius 2 is 2.04 bits per heavy atom. The minimum atomic E-state index is -4.62. The van der Waals surface area contributed by atoms with Gasteiger partial charge in [0, 0.05) is 11.6 Å². The molecule has 1 atom stereocenters. The largest absolute Gasteiger partial charge is 0.440 e. The molecule has 0 bridgehead atoms. The Kier molecular flexibility index (Phi) is 5.82. The lowest BCUT2D eigenvalue weighted by molar-refractivity contribution is -0.162. The average molecular weight is 385 g/mol. The van der Waals surface area contributed by atoms with E-state index < -0.39 is 30.8 Å². The van der Waals surface area contributed by atoms with Crippen LogP contribution in [-0.2, 0) is 9.53 Å². The number of ether oxygens (including phenoxy) is 1. The first-order valence-electron chi connectivity index (χ1n) is 6.93. The number of benzene rings is 1. The first kappa shape index (κ1) is 18.7. The second-order valence-corrected chi connectivity index (χ2v) is 5.98. The molecule has 1 aliphatic heterocycles. The summed E-state index contributed by atoms with van der Waals surface area (Å²) < 4.78 is 40.6. The quantitative estimate of drug-likeness (QED) is 0.853. The number of carbonyl (C=O) groups excluding carboxylic acids is 2. The Bertz CT molecular complexity index is 640. The predicted octanol–water partition coefficient (Wildman–Crippen LogP) is 4.10. The van der Waals surface area contributed by atoms with Gasteiger partial charge in [0.25, 0.3) is 0 Å². The third-order valence-electron chi connectivity index (χ3n) is 3.34. The average Bonchev–Trinajstić information content (AvgIpc) is 2.97. The van der Waals surface area contributed by atoms with E-state index in [9.17, 15) is 22.8 Å². The zero-order valence-electron chi connectivity index (χ0n) is 12.2. The first-order valence-corrected chi connectivity index (χ1v) is 7.69. The maximum atomic E-state index is 12.3. The number of nitrogens with zero attached hydrogens (tertiary/aromatic N) is 1. The van der Waals surface area contributed by atoms with E-state index in [4.69, 9.17) is 23.2 Å². The molecule has 1 saturated heterocycles. The van der Waals surface area contributed by atoms with Gasteiger partial charge in [0.1, 0.15) is 6.04 Å². The Morgan fingerprint density at radius 1 is 1.33 bits per heavy atom. The van der Waals surface area contributed by atoms with E-state index in [-0.39, 0.29) is 17.3 Å². The van der Waals surface area contributed by atoms with Crippen LogP contribution in [0, 0.1) is 0 Å². The molecule has 10 heteroatoms. The van der Waals surface area contributed by atoms with Crippen LogP contribution in [0.4, 0.5) is 23.7 Å². The van der Waals surface area contributed by atoms with Gasteiger partial charge in [-0.25, -0.2) is 4.79 Å². The minimum Gasteiger partial charge on any atom is -0.440 e. The highest BCUT2D eigenvalue weighted by atomic mass is 35.5. The molecule has 1 aliphatic rings. The summed E-state index contributed by atoms with van der Waals surface area (Å²) in [5.41, 5.74) is 0.254. The molecule has 1 N–H and O–H groups in total. The molecule has 132 valence electrons. The second-order valence-electron chi connectivity index (χ2n) is 5.13. The number of carbonyl (C=O) groups is 2. The summed E-state index contributed by atoms with van der Waals surface area (Å²) in [6.07, 6.45) is -5.02. The summed E-state index contributed by atoms with van der Waals surface area (Å²) >= 11 is 11.8. The number of nitrogens with one attached hydrogen (secondary N) is 1. The molecular formula is C14H13Cl2F3N2O3. The number of alkyl halides is 3. The summed E-state index contributed by atoms with van der Waals surface area (Å²) in [4.78, 5) is 25.0. The number of hydrogen-bond acceptors (Lipinski definition) is 3. The van der Waals surface area contributed by atoms with E-state index in [0.717, 1.165) is 4.90 Å². The standard InChI is InChI=1S/C14H13Cl2F3N2O3/c15-8-3-4-9(16)10(6-8)20-12(22)11-2-1-5-21(11)13(23)24-7-14(17,18)19/h3-4,6,11H,1-2,5,7H2,(H,20,22). The maximum absolute atomic E-state index is 12.3. The lowest BCUT2D eigenvalue weighted by atomic mass is 10.2. The number of anilines is 1. The van der Waals surface area contributed by atoms with Gasteiger partial charge in [0.2, 0.25) is 5.91 Å². The van der Waals surface area contributed by atoms with Crippen LogP contribution in [0.25, 0.3) is 0 Å². The van der Waals surface area contributed by atoms with E-state index in [0.29, 0.717) is 17.9 Å². The van der Waals surface area contributed by atoms with Crippen LogP contribution in [0.15, 0.2) is 18.2 Å². The Morgan fingerprint density at radius 3 is 2.71 bits per heavy atom. The fraction of sp³-hybridized carbons (Fsp3) is 0.429. The smallest absolute Gasteiger partial charge is 0.422 e. The Hall–Kier alpha value is -1.67. The predicted molar refractivity (Wildman–Crippen MR) is 82.2 cm³/mol. The van der Waals surface area contributed by atoms with Crippen LogP contribution in [0.1, 0.15) is 12.8 Å². The van der Waals surface area contributed by atoms with Crippen molar-refractivity contribution >= 4 is 40.9 Å². The third kappa shape index (κ3) is 4.91. The van der Waals surface area contributed by atoms with Crippen molar-refractivity contribution in [1.29, 1.82) is 0 Å². The monoisotopic (exact) mass is 384 g/mol. The molecular weight excluding hydrogens is 372 g/mol. The van der Waals surface area contributed by atoms with Crippen LogP contribution in [0.2, 0.25) is 10.0 Å². The van der Waals surface area contributed by atoms with Crippen molar-refractivity contribution in [2.24, 2.45) is 0 Å². The van der Waals surface area contributed by atoms with Gasteiger partial charge in [-0.2, -0.15) is 13.2 Å². The SMILES string of the molecule is O=C(Nc1cc(Cl)ccc1Cl)C1CCCN1C(=O)OCC(F)(F)F. The van der Waals surface area contributed by atoms with Crippen LogP contribution < -0.4 is 5.32 Å². The number of hydrogen-bond donors (Lipinski definition) is 1. The maximum Gasteiger partial charge on any atom is 0.422 e. The number of likely N-dealkylation sites (tertiary alicyclic amines) is 1. The lowest BCUT2D eigenvalue weighted by Crippen LogP contribution is -2.44. The van der Waals surface area contributed by atoms with Crippen molar-refractivity contribution in [1.82, 2.24) is 4.90 Å². The minimum absolute atomic E-state index is 0.137. The van der Waals surface area contributed by atoms with Gasteiger partial charge in [0.05, 0.1) is 10.7 Å². The van der Waals surface area contributed by atoms with E-state index >= 15 is 0 Å². The summed E-state index contributed by atoms with van der Waals surface area (Å²) in [5, 5.41) is 3.12. The zero-order chi connectivity index (χ0) is 17.9. The van der Waals surface area contributed by atoms with E-state index in [2.05, 4.69) is 10.1 Å². The Labute approximate surface area is 145 Å². The molecule has 1 aromatic rings. The van der Waals surface area contributed by atoms with E-state index in [1.807, 2.05) is 0 Å². The normalized spacial score (nSPS) is 17.7. The molecule has 2 rings (SSSR count). The summed E-state index contributed by atoms with van der Waals surface area (Å²) in [5.74, 6) is -0.569. The molecule has 2 amide bonds. The van der Waals surface area contributed by atoms with Crippen molar-refractivity contribution in [2.75, 3.05) is 18.5 Å². The Balaban J connectivity index is 2.02. The summed E-state index contributed by atoms with van der Waals surface area (Å²) in [7, 11) is 0. The van der Waals surface area contributed by atoms with Crippen molar-refractivity contribution in [3.05, 3.63) is 28.2 Å². The molecule has 1 unspecified atom stereocenters. The van der Waals surface area contributed by atoms with Crippen LogP contribution in [0.5, 0.6) is 0 Å². The van der Waals surface area contributed by atoms with Gasteiger partial charge < -0.3 is 10.1 Å². The van der Waals surface area contributed by atoms with Gasteiger partial charge in [-0.3, -0.25) is 9.69 Å². The van der Waals surface area contributed by atoms with Gasteiger partial charge in [-0.05, 0) is 31.0 Å². The van der Waals surface area contributed by atoms with Crippen LogP contribution in [0.3, 0.4) is 0 Å². The second kappa shape index (κ2) is 7.48. The van der Waals surface area contributed by atoms with Crippen LogP contribution >= 0.6 is 23.2 Å². The molecule has 0 aliphatic carbocycles. The number of rotatable bonds is 3. The summed E-state index contributed by atoms with van der Waals surface area (Å²) in [6.45, 7) is -1.56. The molecule has 0 radical (unpaired) electrons. The van der Waals surface area contributed by atoms with Crippen LogP contribution in [-0.4, -0.2) is 42.3 Å². The van der Waals surface area contributed by atoms with Crippen molar-refractivity contribution in [2.45, 2.75) is 25.1 Å².